The number of hydrogen-bond acceptors (Lipinski definition) is 6. The molecule has 2 aliphatic carbocycles. The van der Waals surface area contributed by atoms with Crippen LogP contribution in [-0.4, -0.2) is 40.1 Å². The van der Waals surface area contributed by atoms with E-state index in [0.717, 1.165) is 55.6 Å². The molecule has 202 valence electrons. The Labute approximate surface area is 223 Å². The van der Waals surface area contributed by atoms with Gasteiger partial charge in [-0.2, -0.15) is 0 Å². The normalized spacial score (nSPS) is 21.3. The molecule has 7 heteroatoms. The number of carbonyl (C=O) groups is 3. The van der Waals surface area contributed by atoms with Crippen molar-refractivity contribution in [2.45, 2.75) is 89.8 Å². The minimum Gasteiger partial charge on any atom is -0.485 e. The van der Waals surface area contributed by atoms with Gasteiger partial charge in [-0.3, -0.25) is 14.4 Å². The molecule has 0 saturated heterocycles. The summed E-state index contributed by atoms with van der Waals surface area (Å²) in [5.41, 5.74) is 2.55. The summed E-state index contributed by atoms with van der Waals surface area (Å²) in [5, 5.41) is 8.93. The molecule has 38 heavy (non-hydrogen) atoms. The van der Waals surface area contributed by atoms with Crippen LogP contribution in [0.4, 0.5) is 0 Å². The number of rotatable bonds is 10. The van der Waals surface area contributed by atoms with Crippen molar-refractivity contribution in [1.29, 1.82) is 0 Å². The number of benzene rings is 1. The van der Waals surface area contributed by atoms with Gasteiger partial charge < -0.3 is 19.2 Å². The molecule has 2 aromatic rings. The molecule has 0 spiro atoms. The maximum absolute atomic E-state index is 13.2. The molecule has 3 aliphatic rings. The van der Waals surface area contributed by atoms with E-state index >= 15 is 0 Å². The van der Waals surface area contributed by atoms with Crippen LogP contribution in [0, 0.1) is 5.92 Å². The zero-order valence-corrected chi connectivity index (χ0v) is 22.0. The second-order valence-corrected chi connectivity index (χ2v) is 10.8. The highest BCUT2D eigenvalue weighted by Crippen LogP contribution is 2.35. The first-order valence-electron chi connectivity index (χ1n) is 14.0. The van der Waals surface area contributed by atoms with E-state index in [4.69, 9.17) is 14.3 Å². The summed E-state index contributed by atoms with van der Waals surface area (Å²) in [4.78, 5) is 39.7. The van der Waals surface area contributed by atoms with Gasteiger partial charge in [-0.05, 0) is 67.9 Å². The number of ether oxygens (including phenoxy) is 1. The molecule has 0 radical (unpaired) electrons. The van der Waals surface area contributed by atoms with Crippen LogP contribution in [0.15, 0.2) is 34.8 Å². The lowest BCUT2D eigenvalue weighted by molar-refractivity contribution is -0.126. The summed E-state index contributed by atoms with van der Waals surface area (Å²) in [6, 6.07) is 6.96. The van der Waals surface area contributed by atoms with Crippen molar-refractivity contribution in [2.75, 3.05) is 6.61 Å². The van der Waals surface area contributed by atoms with Crippen molar-refractivity contribution >= 4 is 23.5 Å². The van der Waals surface area contributed by atoms with Crippen molar-refractivity contribution in [3.8, 4) is 5.75 Å². The van der Waals surface area contributed by atoms with Gasteiger partial charge >= 0.3 is 0 Å². The summed E-state index contributed by atoms with van der Waals surface area (Å²) in [6.45, 7) is 0.843. The smallest absolute Gasteiger partial charge is 0.255 e. The number of aliphatic hydroxyl groups is 1. The zero-order chi connectivity index (χ0) is 26.5. The van der Waals surface area contributed by atoms with Gasteiger partial charge in [-0.15, -0.1) is 0 Å². The number of aliphatic hydroxyl groups excluding tert-OH is 1. The molecule has 1 amide bonds. The predicted molar refractivity (Wildman–Crippen MR) is 143 cm³/mol. The Morgan fingerprint density at radius 2 is 1.92 bits per heavy atom. The Morgan fingerprint density at radius 3 is 2.79 bits per heavy atom. The average molecular weight is 520 g/mol. The van der Waals surface area contributed by atoms with Crippen molar-refractivity contribution < 1.29 is 28.6 Å². The number of nitrogens with zero attached hydrogens (tertiary/aromatic N) is 1. The number of furan rings is 1. The van der Waals surface area contributed by atoms with Crippen molar-refractivity contribution in [2.24, 2.45) is 5.92 Å². The number of allylic oxidation sites excluding steroid dienone is 1. The van der Waals surface area contributed by atoms with E-state index in [-0.39, 0.29) is 30.7 Å². The Kier molecular flexibility index (Phi) is 8.42. The number of Topliss-reactive ketones (excluding diaryl/α,β-unsaturated/α-hetero) is 2. The van der Waals surface area contributed by atoms with E-state index in [1.807, 2.05) is 6.07 Å². The van der Waals surface area contributed by atoms with E-state index in [9.17, 15) is 14.4 Å². The fraction of sp³-hybridized carbons (Fsp3) is 0.516. The Hall–Kier alpha value is -3.19. The van der Waals surface area contributed by atoms with Crippen LogP contribution in [0.1, 0.15) is 97.2 Å². The Balaban J connectivity index is 1.20. The molecule has 2 heterocycles. The number of amides is 1. The first kappa shape index (κ1) is 26.4. The van der Waals surface area contributed by atoms with Crippen LogP contribution in [-0.2, 0) is 29.2 Å². The third kappa shape index (κ3) is 5.93. The SMILES string of the molecule is O=C1CCCC(=O)C(N2Cc3c(OCc4cc5c(o4)C=CC(CCCCCCO)C5)cccc3C2=O)CC1. The molecule has 1 aromatic carbocycles. The molecule has 1 saturated carbocycles. The number of carbonyl (C=O) groups excluding carboxylic acids is 3. The maximum atomic E-state index is 13.2. The maximum Gasteiger partial charge on any atom is 0.255 e. The third-order valence-corrected chi connectivity index (χ3v) is 8.02. The minimum absolute atomic E-state index is 0.0406. The molecule has 1 N–H and O–H groups in total. The van der Waals surface area contributed by atoms with Crippen LogP contribution in [0.2, 0.25) is 0 Å². The lowest BCUT2D eigenvalue weighted by Crippen LogP contribution is -2.42. The highest BCUT2D eigenvalue weighted by Gasteiger charge is 2.38. The van der Waals surface area contributed by atoms with Gasteiger partial charge in [0.1, 0.15) is 29.7 Å². The van der Waals surface area contributed by atoms with Crippen molar-refractivity contribution in [3.05, 3.63) is 58.6 Å². The van der Waals surface area contributed by atoms with Crippen LogP contribution in [0.3, 0.4) is 0 Å². The molecule has 2 atom stereocenters. The fourth-order valence-corrected chi connectivity index (χ4v) is 5.92. The lowest BCUT2D eigenvalue weighted by atomic mass is 9.89. The molecule has 2 unspecified atom stereocenters. The number of hydrogen-bond donors (Lipinski definition) is 1. The van der Waals surface area contributed by atoms with Crippen LogP contribution < -0.4 is 4.74 Å². The summed E-state index contributed by atoms with van der Waals surface area (Å²) in [7, 11) is 0. The molecule has 0 bridgehead atoms. The first-order valence-corrected chi connectivity index (χ1v) is 14.0. The molecule has 1 aromatic heterocycles. The van der Waals surface area contributed by atoms with E-state index in [2.05, 4.69) is 18.2 Å². The van der Waals surface area contributed by atoms with Gasteiger partial charge in [0.15, 0.2) is 5.78 Å². The third-order valence-electron chi connectivity index (χ3n) is 8.02. The van der Waals surface area contributed by atoms with Gasteiger partial charge in [-0.25, -0.2) is 0 Å². The van der Waals surface area contributed by atoms with Gasteiger partial charge in [0.2, 0.25) is 0 Å². The van der Waals surface area contributed by atoms with Crippen molar-refractivity contribution in [1.82, 2.24) is 4.90 Å². The summed E-state index contributed by atoms with van der Waals surface area (Å²) < 4.78 is 12.2. The van der Waals surface area contributed by atoms with Gasteiger partial charge in [0.25, 0.3) is 5.91 Å². The predicted octanol–water partition coefficient (Wildman–Crippen LogP) is 5.41. The van der Waals surface area contributed by atoms with Crippen LogP contribution in [0.25, 0.3) is 6.08 Å². The van der Waals surface area contributed by atoms with E-state index < -0.39 is 6.04 Å². The van der Waals surface area contributed by atoms with Crippen molar-refractivity contribution in [3.63, 3.8) is 0 Å². The molecule has 1 fully saturated rings. The number of unbranched alkanes of at least 4 members (excludes halogenated alkanes) is 3. The van der Waals surface area contributed by atoms with E-state index in [0.29, 0.717) is 55.9 Å². The topological polar surface area (TPSA) is 97.1 Å². The highest BCUT2D eigenvalue weighted by atomic mass is 16.5. The Morgan fingerprint density at radius 1 is 1.05 bits per heavy atom. The number of fused-ring (bicyclic) bond motifs is 2. The number of ketones is 2. The summed E-state index contributed by atoms with van der Waals surface area (Å²) in [6.07, 6.45) is 12.7. The largest absolute Gasteiger partial charge is 0.485 e. The highest BCUT2D eigenvalue weighted by molar-refractivity contribution is 6.02. The van der Waals surface area contributed by atoms with Crippen LogP contribution >= 0.6 is 0 Å². The van der Waals surface area contributed by atoms with Gasteiger partial charge in [0, 0.05) is 37.0 Å². The second kappa shape index (κ2) is 12.1. The molecule has 1 aliphatic heterocycles. The molecular weight excluding hydrogens is 482 g/mol. The first-order chi connectivity index (χ1) is 18.5. The quantitative estimate of drug-likeness (QED) is 0.422. The average Bonchev–Trinajstić information content (AvgIpc) is 3.47. The zero-order valence-electron chi connectivity index (χ0n) is 22.0. The Bertz CT molecular complexity index is 1210. The lowest BCUT2D eigenvalue weighted by Gasteiger charge is -2.28. The summed E-state index contributed by atoms with van der Waals surface area (Å²) >= 11 is 0. The van der Waals surface area contributed by atoms with Gasteiger partial charge in [0.05, 0.1) is 12.6 Å². The van der Waals surface area contributed by atoms with E-state index in [1.54, 1.807) is 17.0 Å². The fourth-order valence-electron chi connectivity index (χ4n) is 5.92. The standard InChI is InChI=1S/C31H37NO6/c33-16-4-2-1-3-7-21-12-15-29-22(17-21)18-24(38-29)20-37-30-11-6-9-25-26(30)19-32(31(25)36)27-14-13-23(34)8-5-10-28(27)35/h6,9,11-12,15,18,21,27,33H,1-5,7-8,10,13-14,16-17,19-20H2. The molecule has 5 rings (SSSR count). The monoisotopic (exact) mass is 519 g/mol. The minimum atomic E-state index is -0.557. The summed E-state index contributed by atoms with van der Waals surface area (Å²) in [5.74, 6) is 2.79. The van der Waals surface area contributed by atoms with Crippen LogP contribution in [0.5, 0.6) is 5.75 Å². The molecule has 7 nitrogen and oxygen atoms in total. The van der Waals surface area contributed by atoms with E-state index in [1.165, 1.54) is 5.56 Å². The molecular formula is C31H37NO6. The second-order valence-electron chi connectivity index (χ2n) is 10.8. The van der Waals surface area contributed by atoms with Gasteiger partial charge in [-0.1, -0.05) is 31.4 Å².